The van der Waals surface area contributed by atoms with Gasteiger partial charge >= 0.3 is 0 Å². The largest absolute Gasteiger partial charge is 0.325 e. The maximum atomic E-state index is 12.3. The molecule has 0 saturated heterocycles. The Hall–Kier alpha value is -2.33. The van der Waals surface area contributed by atoms with E-state index in [9.17, 15) is 4.79 Å². The maximum Gasteiger partial charge on any atom is 0.237 e. The van der Waals surface area contributed by atoms with Crippen LogP contribution in [0.2, 0.25) is 0 Å². The number of rotatable bonds is 5. The average Bonchev–Trinajstić information content (AvgIpc) is 3.27. The third kappa shape index (κ3) is 3.28. The van der Waals surface area contributed by atoms with E-state index < -0.39 is 0 Å². The number of anilines is 1. The summed E-state index contributed by atoms with van der Waals surface area (Å²) >= 11 is 1.39. The first-order chi connectivity index (χ1) is 10.7. The fourth-order valence-electron chi connectivity index (χ4n) is 2.04. The van der Waals surface area contributed by atoms with E-state index in [1.807, 2.05) is 11.5 Å². The Bertz CT molecular complexity index is 732. The number of hydrogen-bond donors (Lipinski definition) is 1. The van der Waals surface area contributed by atoms with Gasteiger partial charge in [-0.3, -0.25) is 4.79 Å². The van der Waals surface area contributed by atoms with Crippen LogP contribution in [0.15, 0.2) is 35.7 Å². The van der Waals surface area contributed by atoms with Crippen molar-refractivity contribution in [2.75, 3.05) is 5.32 Å². The average molecular weight is 313 g/mol. The molecule has 1 aliphatic carbocycles. The SMILES string of the molecule is CC(Sc1nncn1C1CC1)C(=O)Nc1cccc(C#N)c1. The zero-order valence-electron chi connectivity index (χ0n) is 12.1. The fraction of sp³-hybridized carbons (Fsp3) is 0.333. The quantitative estimate of drug-likeness (QED) is 0.858. The molecule has 1 saturated carbocycles. The lowest BCUT2D eigenvalue weighted by Gasteiger charge is -2.12. The van der Waals surface area contributed by atoms with Gasteiger partial charge in [0.25, 0.3) is 0 Å². The van der Waals surface area contributed by atoms with Crippen LogP contribution in [0.25, 0.3) is 0 Å². The van der Waals surface area contributed by atoms with Crippen LogP contribution in [0.5, 0.6) is 0 Å². The van der Waals surface area contributed by atoms with Gasteiger partial charge in [-0.05, 0) is 38.0 Å². The van der Waals surface area contributed by atoms with Gasteiger partial charge < -0.3 is 9.88 Å². The molecule has 0 radical (unpaired) electrons. The zero-order chi connectivity index (χ0) is 15.5. The molecule has 6 nitrogen and oxygen atoms in total. The molecule has 0 spiro atoms. The third-order valence-electron chi connectivity index (χ3n) is 3.39. The van der Waals surface area contributed by atoms with Crippen molar-refractivity contribution in [1.82, 2.24) is 14.8 Å². The Kier molecular flexibility index (Phi) is 4.11. The van der Waals surface area contributed by atoms with E-state index >= 15 is 0 Å². The summed E-state index contributed by atoms with van der Waals surface area (Å²) in [5, 5.41) is 20.2. The number of aromatic nitrogens is 3. The molecule has 1 heterocycles. The molecule has 1 aromatic carbocycles. The van der Waals surface area contributed by atoms with Crippen molar-refractivity contribution in [3.63, 3.8) is 0 Å². The topological polar surface area (TPSA) is 83.6 Å². The van der Waals surface area contributed by atoms with Crippen molar-refractivity contribution < 1.29 is 4.79 Å². The summed E-state index contributed by atoms with van der Waals surface area (Å²) in [4.78, 5) is 12.3. The lowest BCUT2D eigenvalue weighted by Crippen LogP contribution is -2.22. The highest BCUT2D eigenvalue weighted by Gasteiger charge is 2.27. The number of nitrogens with zero attached hydrogens (tertiary/aromatic N) is 4. The Morgan fingerprint density at radius 2 is 2.36 bits per heavy atom. The van der Waals surface area contributed by atoms with Gasteiger partial charge in [0, 0.05) is 11.7 Å². The predicted octanol–water partition coefficient (Wildman–Crippen LogP) is 2.60. The number of amides is 1. The normalized spacial score (nSPS) is 15.1. The van der Waals surface area contributed by atoms with Crippen molar-refractivity contribution >= 4 is 23.4 Å². The van der Waals surface area contributed by atoms with Crippen molar-refractivity contribution in [1.29, 1.82) is 5.26 Å². The Morgan fingerprint density at radius 1 is 1.55 bits per heavy atom. The number of thioether (sulfide) groups is 1. The molecule has 2 aromatic rings. The summed E-state index contributed by atoms with van der Waals surface area (Å²) in [6.07, 6.45) is 4.02. The van der Waals surface area contributed by atoms with Gasteiger partial charge in [0.05, 0.1) is 16.9 Å². The first-order valence-electron chi connectivity index (χ1n) is 7.04. The Labute approximate surface area is 132 Å². The molecule has 22 heavy (non-hydrogen) atoms. The Balaban J connectivity index is 1.64. The van der Waals surface area contributed by atoms with E-state index in [1.165, 1.54) is 11.8 Å². The van der Waals surface area contributed by atoms with Gasteiger partial charge in [-0.15, -0.1) is 10.2 Å². The van der Waals surface area contributed by atoms with Crippen LogP contribution in [-0.4, -0.2) is 25.9 Å². The molecule has 1 aliphatic rings. The van der Waals surface area contributed by atoms with Gasteiger partial charge in [0.2, 0.25) is 5.91 Å². The van der Waals surface area contributed by atoms with E-state index in [2.05, 4.69) is 21.6 Å². The molecule has 1 fully saturated rings. The van der Waals surface area contributed by atoms with E-state index in [1.54, 1.807) is 30.6 Å². The second kappa shape index (κ2) is 6.20. The van der Waals surface area contributed by atoms with Crippen molar-refractivity contribution in [3.8, 4) is 6.07 Å². The van der Waals surface area contributed by atoms with Gasteiger partial charge in [-0.2, -0.15) is 5.26 Å². The number of nitrogens with one attached hydrogen (secondary N) is 1. The highest BCUT2D eigenvalue weighted by atomic mass is 32.2. The highest BCUT2D eigenvalue weighted by molar-refractivity contribution is 8.00. The minimum absolute atomic E-state index is 0.120. The van der Waals surface area contributed by atoms with Gasteiger partial charge in [0.15, 0.2) is 5.16 Å². The summed E-state index contributed by atoms with van der Waals surface area (Å²) in [5.41, 5.74) is 1.15. The first kappa shape index (κ1) is 14.6. The minimum atomic E-state index is -0.299. The van der Waals surface area contributed by atoms with Crippen LogP contribution in [0, 0.1) is 11.3 Å². The van der Waals surface area contributed by atoms with E-state index in [0.29, 0.717) is 17.3 Å². The molecular weight excluding hydrogens is 298 g/mol. The molecule has 0 aliphatic heterocycles. The van der Waals surface area contributed by atoms with E-state index in [0.717, 1.165) is 18.0 Å². The van der Waals surface area contributed by atoms with E-state index in [-0.39, 0.29) is 11.2 Å². The van der Waals surface area contributed by atoms with Crippen molar-refractivity contribution in [2.45, 2.75) is 36.2 Å². The van der Waals surface area contributed by atoms with Crippen molar-refractivity contribution in [3.05, 3.63) is 36.2 Å². The molecule has 1 amide bonds. The molecule has 1 aromatic heterocycles. The van der Waals surface area contributed by atoms with Crippen LogP contribution in [0.3, 0.4) is 0 Å². The molecule has 7 heteroatoms. The van der Waals surface area contributed by atoms with E-state index in [4.69, 9.17) is 5.26 Å². The third-order valence-corrected chi connectivity index (χ3v) is 4.46. The summed E-state index contributed by atoms with van der Waals surface area (Å²) in [7, 11) is 0. The Morgan fingerprint density at radius 3 is 3.09 bits per heavy atom. The standard InChI is InChI=1S/C15H15N5OS/c1-10(22-15-19-17-9-20(15)13-5-6-13)14(21)18-12-4-2-3-11(7-12)8-16/h2-4,7,9-10,13H,5-6H2,1H3,(H,18,21). The number of carbonyl (C=O) groups is 1. The monoisotopic (exact) mass is 313 g/mol. The van der Waals surface area contributed by atoms with Crippen LogP contribution in [0.1, 0.15) is 31.4 Å². The number of hydrogen-bond acceptors (Lipinski definition) is 5. The molecule has 0 bridgehead atoms. The van der Waals surface area contributed by atoms with Crippen molar-refractivity contribution in [2.24, 2.45) is 0 Å². The highest BCUT2D eigenvalue weighted by Crippen LogP contribution is 2.38. The smallest absolute Gasteiger partial charge is 0.237 e. The number of carbonyl (C=O) groups excluding carboxylic acids is 1. The van der Waals surface area contributed by atoms with Gasteiger partial charge in [-0.1, -0.05) is 17.8 Å². The van der Waals surface area contributed by atoms with Crippen LogP contribution < -0.4 is 5.32 Å². The summed E-state index contributed by atoms with van der Waals surface area (Å²) in [6.45, 7) is 1.83. The first-order valence-corrected chi connectivity index (χ1v) is 7.92. The zero-order valence-corrected chi connectivity index (χ0v) is 12.9. The molecule has 1 unspecified atom stereocenters. The summed E-state index contributed by atoms with van der Waals surface area (Å²) in [6, 6.07) is 9.41. The lowest BCUT2D eigenvalue weighted by molar-refractivity contribution is -0.115. The molecule has 1 N–H and O–H groups in total. The molecule has 3 rings (SSSR count). The number of nitriles is 1. The van der Waals surface area contributed by atoms with Crippen LogP contribution >= 0.6 is 11.8 Å². The van der Waals surface area contributed by atoms with Crippen LogP contribution in [0.4, 0.5) is 5.69 Å². The number of benzene rings is 1. The van der Waals surface area contributed by atoms with Gasteiger partial charge in [0.1, 0.15) is 6.33 Å². The molecule has 112 valence electrons. The molecule has 1 atom stereocenters. The second-order valence-corrected chi connectivity index (χ2v) is 6.50. The summed E-state index contributed by atoms with van der Waals surface area (Å²) in [5.74, 6) is -0.120. The maximum absolute atomic E-state index is 12.3. The fourth-order valence-corrected chi connectivity index (χ4v) is 2.94. The van der Waals surface area contributed by atoms with Gasteiger partial charge in [-0.25, -0.2) is 0 Å². The lowest BCUT2D eigenvalue weighted by atomic mass is 10.2. The molecular formula is C15H15N5OS. The van der Waals surface area contributed by atoms with Crippen LogP contribution in [-0.2, 0) is 4.79 Å². The second-order valence-electron chi connectivity index (χ2n) is 5.19. The minimum Gasteiger partial charge on any atom is -0.325 e. The predicted molar refractivity (Wildman–Crippen MR) is 83.4 cm³/mol. The summed E-state index contributed by atoms with van der Waals surface area (Å²) < 4.78 is 2.03.